The zero-order valence-electron chi connectivity index (χ0n) is 6.58. The van der Waals surface area contributed by atoms with Crippen molar-refractivity contribution in [2.75, 3.05) is 0 Å². The molecule has 0 aliphatic heterocycles. The van der Waals surface area contributed by atoms with Gasteiger partial charge in [0.2, 0.25) is 0 Å². The van der Waals surface area contributed by atoms with Crippen LogP contribution >= 0.6 is 23.2 Å². The van der Waals surface area contributed by atoms with Crippen LogP contribution in [0.3, 0.4) is 0 Å². The zero-order chi connectivity index (χ0) is 10.2. The quantitative estimate of drug-likeness (QED) is 0.768. The summed E-state index contributed by atoms with van der Waals surface area (Å²) in [7, 11) is -4.29. The van der Waals surface area contributed by atoms with Crippen LogP contribution in [-0.2, 0) is 10.1 Å². The molecule has 0 bridgehead atoms. The largest absolute Gasteiger partial charge is 0.296 e. The van der Waals surface area contributed by atoms with E-state index >= 15 is 0 Å². The molecule has 0 radical (unpaired) electrons. The Bertz CT molecular complexity index is 439. The summed E-state index contributed by atoms with van der Waals surface area (Å²) in [5.41, 5.74) is 0.652. The van der Waals surface area contributed by atoms with E-state index in [0.29, 0.717) is 5.56 Å². The maximum absolute atomic E-state index is 10.7. The maximum Gasteiger partial charge on any atom is 0.296 e. The molecule has 0 heterocycles. The molecule has 1 N–H and O–H groups in total. The lowest BCUT2D eigenvalue weighted by Crippen LogP contribution is -1.99. The fraction of sp³-hybridized carbons (Fsp3) is 0.143. The average molecular weight is 241 g/mol. The van der Waals surface area contributed by atoms with Gasteiger partial charge in [-0.3, -0.25) is 4.55 Å². The normalized spacial score (nSPS) is 11.7. The van der Waals surface area contributed by atoms with Crippen LogP contribution in [0.4, 0.5) is 0 Å². The molecular formula is C7H6Cl2O3S. The van der Waals surface area contributed by atoms with E-state index in [4.69, 9.17) is 27.8 Å². The summed E-state index contributed by atoms with van der Waals surface area (Å²) in [5, 5.41) is -0.0130. The van der Waals surface area contributed by atoms with Crippen molar-refractivity contribution in [3.05, 3.63) is 27.7 Å². The van der Waals surface area contributed by atoms with Crippen LogP contribution in [-0.4, -0.2) is 13.0 Å². The van der Waals surface area contributed by atoms with Crippen molar-refractivity contribution >= 4 is 33.3 Å². The number of rotatable bonds is 1. The van der Waals surface area contributed by atoms with Crippen LogP contribution in [0.2, 0.25) is 10.0 Å². The summed E-state index contributed by atoms with van der Waals surface area (Å²) < 4.78 is 30.2. The molecule has 0 saturated carbocycles. The summed E-state index contributed by atoms with van der Waals surface area (Å²) in [6.07, 6.45) is 0. The molecular weight excluding hydrogens is 235 g/mol. The van der Waals surface area contributed by atoms with E-state index in [9.17, 15) is 8.42 Å². The van der Waals surface area contributed by atoms with Crippen molar-refractivity contribution in [3.63, 3.8) is 0 Å². The van der Waals surface area contributed by atoms with Gasteiger partial charge in [0, 0.05) is 0 Å². The molecule has 0 unspecified atom stereocenters. The van der Waals surface area contributed by atoms with Gasteiger partial charge in [-0.2, -0.15) is 8.42 Å². The van der Waals surface area contributed by atoms with Gasteiger partial charge in [0.1, 0.15) is 4.90 Å². The molecule has 1 aromatic carbocycles. The van der Waals surface area contributed by atoms with E-state index in [1.165, 1.54) is 12.1 Å². The van der Waals surface area contributed by atoms with E-state index in [-0.39, 0.29) is 14.9 Å². The van der Waals surface area contributed by atoms with Crippen LogP contribution < -0.4 is 0 Å². The van der Waals surface area contributed by atoms with E-state index in [2.05, 4.69) is 0 Å². The van der Waals surface area contributed by atoms with Gasteiger partial charge in [-0.15, -0.1) is 0 Å². The molecule has 0 fully saturated rings. The molecule has 72 valence electrons. The lowest BCUT2D eigenvalue weighted by molar-refractivity contribution is 0.483. The summed E-state index contributed by atoms with van der Waals surface area (Å²) >= 11 is 11.3. The lowest BCUT2D eigenvalue weighted by atomic mass is 10.2. The van der Waals surface area contributed by atoms with Crippen LogP contribution in [0, 0.1) is 6.92 Å². The number of benzene rings is 1. The molecule has 1 rings (SSSR count). The number of hydrogen-bond acceptors (Lipinski definition) is 2. The third-order valence-corrected chi connectivity index (χ3v) is 3.50. The van der Waals surface area contributed by atoms with Crippen molar-refractivity contribution in [1.29, 1.82) is 0 Å². The molecule has 0 spiro atoms. The van der Waals surface area contributed by atoms with Crippen LogP contribution in [0.15, 0.2) is 17.0 Å². The Morgan fingerprint density at radius 3 is 2.23 bits per heavy atom. The minimum Gasteiger partial charge on any atom is -0.282 e. The summed E-state index contributed by atoms with van der Waals surface area (Å²) in [6, 6.07) is 2.68. The van der Waals surface area contributed by atoms with Crippen LogP contribution in [0.5, 0.6) is 0 Å². The molecule has 0 aromatic heterocycles. The Labute approximate surface area is 86.0 Å². The predicted molar refractivity (Wildman–Crippen MR) is 51.0 cm³/mol. The van der Waals surface area contributed by atoms with Crippen molar-refractivity contribution in [3.8, 4) is 0 Å². The molecule has 0 atom stereocenters. The molecule has 6 heteroatoms. The first-order valence-corrected chi connectivity index (χ1v) is 5.45. The second-order valence-corrected chi connectivity index (χ2v) is 4.63. The Balaban J connectivity index is 3.53. The lowest BCUT2D eigenvalue weighted by Gasteiger charge is -2.04. The second kappa shape index (κ2) is 3.46. The van der Waals surface area contributed by atoms with E-state index in [1.54, 1.807) is 6.92 Å². The molecule has 0 aliphatic rings. The highest BCUT2D eigenvalue weighted by Gasteiger charge is 2.17. The first kappa shape index (κ1) is 10.8. The highest BCUT2D eigenvalue weighted by atomic mass is 35.5. The molecule has 3 nitrogen and oxygen atoms in total. The Morgan fingerprint density at radius 1 is 1.23 bits per heavy atom. The summed E-state index contributed by atoms with van der Waals surface area (Å²) in [6.45, 7) is 1.68. The van der Waals surface area contributed by atoms with Crippen molar-refractivity contribution in [2.24, 2.45) is 0 Å². The van der Waals surface area contributed by atoms with Gasteiger partial charge >= 0.3 is 0 Å². The fourth-order valence-corrected chi connectivity index (χ4v) is 2.12. The van der Waals surface area contributed by atoms with Crippen LogP contribution in [0.1, 0.15) is 5.56 Å². The highest BCUT2D eigenvalue weighted by Crippen LogP contribution is 2.31. The fourth-order valence-electron chi connectivity index (χ4n) is 0.828. The van der Waals surface area contributed by atoms with Gasteiger partial charge in [-0.25, -0.2) is 0 Å². The molecule has 0 saturated heterocycles. The number of halogens is 2. The first-order valence-electron chi connectivity index (χ1n) is 3.26. The van der Waals surface area contributed by atoms with Gasteiger partial charge < -0.3 is 0 Å². The van der Waals surface area contributed by atoms with E-state index in [0.717, 1.165) is 0 Å². The minimum atomic E-state index is -4.29. The average Bonchev–Trinajstić information content (AvgIpc) is 1.98. The third-order valence-electron chi connectivity index (χ3n) is 1.52. The van der Waals surface area contributed by atoms with Gasteiger partial charge in [0.15, 0.2) is 0 Å². The van der Waals surface area contributed by atoms with E-state index in [1.807, 2.05) is 0 Å². The van der Waals surface area contributed by atoms with E-state index < -0.39 is 10.1 Å². The Morgan fingerprint density at radius 2 is 1.77 bits per heavy atom. The molecule has 13 heavy (non-hydrogen) atoms. The summed E-state index contributed by atoms with van der Waals surface area (Å²) in [4.78, 5) is -0.371. The first-order chi connectivity index (χ1) is 5.84. The highest BCUT2D eigenvalue weighted by molar-refractivity contribution is 7.86. The maximum atomic E-state index is 10.7. The zero-order valence-corrected chi connectivity index (χ0v) is 8.91. The topological polar surface area (TPSA) is 54.4 Å². The minimum absolute atomic E-state index is 0.136. The van der Waals surface area contributed by atoms with Crippen molar-refractivity contribution < 1.29 is 13.0 Å². The van der Waals surface area contributed by atoms with Gasteiger partial charge in [0.25, 0.3) is 10.1 Å². The molecule has 1 aromatic rings. The molecule has 0 aliphatic carbocycles. The summed E-state index contributed by atoms with van der Waals surface area (Å²) in [5.74, 6) is 0. The molecule has 0 amide bonds. The number of hydrogen-bond donors (Lipinski definition) is 1. The van der Waals surface area contributed by atoms with Gasteiger partial charge in [-0.1, -0.05) is 29.3 Å². The number of aryl methyl sites for hydroxylation is 1. The van der Waals surface area contributed by atoms with Crippen molar-refractivity contribution in [1.82, 2.24) is 0 Å². The standard InChI is InChI=1S/C7H6Cl2O3S/c1-4-2-3-5(13(10,11)12)7(9)6(4)8/h2-3H,1H3,(H,10,11,12). The third kappa shape index (κ3) is 2.14. The van der Waals surface area contributed by atoms with Crippen LogP contribution in [0.25, 0.3) is 0 Å². The second-order valence-electron chi connectivity index (χ2n) is 2.48. The van der Waals surface area contributed by atoms with Gasteiger partial charge in [0.05, 0.1) is 10.0 Å². The predicted octanol–water partition coefficient (Wildman–Crippen LogP) is 2.55. The van der Waals surface area contributed by atoms with Gasteiger partial charge in [-0.05, 0) is 18.6 Å². The monoisotopic (exact) mass is 240 g/mol. The SMILES string of the molecule is Cc1ccc(S(=O)(=O)O)c(Cl)c1Cl. The Kier molecular flexibility index (Phi) is 2.87. The smallest absolute Gasteiger partial charge is 0.282 e. The van der Waals surface area contributed by atoms with Crippen molar-refractivity contribution in [2.45, 2.75) is 11.8 Å². The Hall–Kier alpha value is -0.290.